The lowest BCUT2D eigenvalue weighted by Crippen LogP contribution is -2.10. The molecule has 31 heavy (non-hydrogen) atoms. The molecular weight excluding hydrogens is 425 g/mol. The predicted octanol–water partition coefficient (Wildman–Crippen LogP) is 6.76. The van der Waals surface area contributed by atoms with Crippen molar-refractivity contribution in [1.29, 1.82) is 0 Å². The van der Waals surface area contributed by atoms with Crippen LogP contribution in [0.4, 0.5) is 13.2 Å². The lowest BCUT2D eigenvalue weighted by molar-refractivity contribution is -0.0328. The van der Waals surface area contributed by atoms with Crippen LogP contribution in [0.3, 0.4) is 0 Å². The Labute approximate surface area is 180 Å². The highest BCUT2D eigenvalue weighted by molar-refractivity contribution is 8.00. The van der Waals surface area contributed by atoms with Crippen LogP contribution in [0, 0.1) is 0 Å². The molecule has 0 aliphatic heterocycles. The molecule has 0 radical (unpaired) electrons. The molecule has 4 nitrogen and oxygen atoms in total. The molecule has 8 heteroatoms. The van der Waals surface area contributed by atoms with E-state index in [0.29, 0.717) is 22.2 Å². The first-order chi connectivity index (χ1) is 14.4. The van der Waals surface area contributed by atoms with Gasteiger partial charge in [0.15, 0.2) is 0 Å². The van der Waals surface area contributed by atoms with Crippen molar-refractivity contribution >= 4 is 34.3 Å². The average molecular weight is 444 g/mol. The van der Waals surface area contributed by atoms with Crippen molar-refractivity contribution in [2.75, 3.05) is 0 Å². The Morgan fingerprint density at radius 1 is 1.00 bits per heavy atom. The molecule has 4 aromatic rings. The molecule has 0 aliphatic carbocycles. The largest absolute Gasteiger partial charge is 0.478 e. The molecule has 2 aromatic carbocycles. The van der Waals surface area contributed by atoms with Gasteiger partial charge in [0.2, 0.25) is 0 Å². The van der Waals surface area contributed by atoms with E-state index in [-0.39, 0.29) is 27.6 Å². The van der Waals surface area contributed by atoms with Gasteiger partial charge >= 0.3 is 11.5 Å². The van der Waals surface area contributed by atoms with E-state index < -0.39 is 11.5 Å². The minimum Gasteiger partial charge on any atom is -0.478 e. The van der Waals surface area contributed by atoms with Crippen LogP contribution >= 0.6 is 11.8 Å². The summed E-state index contributed by atoms with van der Waals surface area (Å²) >= 11 is -0.190. The zero-order valence-electron chi connectivity index (χ0n) is 17.0. The molecule has 0 saturated heterocycles. The van der Waals surface area contributed by atoms with Crippen LogP contribution in [-0.4, -0.2) is 26.0 Å². The normalized spacial score (nSPS) is 12.6. The highest BCUT2D eigenvalue weighted by Crippen LogP contribution is 2.40. The molecule has 1 N–H and O–H groups in total. The monoisotopic (exact) mass is 444 g/mol. The van der Waals surface area contributed by atoms with Gasteiger partial charge in [-0.3, -0.25) is 0 Å². The van der Waals surface area contributed by atoms with Crippen molar-refractivity contribution in [3.8, 4) is 11.3 Å². The summed E-state index contributed by atoms with van der Waals surface area (Å²) in [6.07, 6.45) is 1.41. The van der Waals surface area contributed by atoms with Crippen molar-refractivity contribution in [2.24, 2.45) is 0 Å². The summed E-state index contributed by atoms with van der Waals surface area (Å²) in [4.78, 5) is 16.1. The maximum atomic E-state index is 13.0. The fraction of sp³-hybridized carbons (Fsp3) is 0.217. The first-order valence-electron chi connectivity index (χ1n) is 9.48. The highest BCUT2D eigenvalue weighted by Gasteiger charge is 2.30. The van der Waals surface area contributed by atoms with Crippen molar-refractivity contribution in [3.63, 3.8) is 0 Å². The zero-order valence-corrected chi connectivity index (χ0v) is 17.8. The molecule has 0 spiro atoms. The molecule has 4 rings (SSSR count). The third-order valence-electron chi connectivity index (χ3n) is 5.01. The summed E-state index contributed by atoms with van der Waals surface area (Å²) in [6.45, 7) is 6.28. The van der Waals surface area contributed by atoms with Gasteiger partial charge in [0.05, 0.1) is 27.8 Å². The molecule has 0 unspecified atom stereocenters. The number of carboxylic acids is 1. The smallest absolute Gasteiger partial charge is 0.446 e. The number of aromatic carboxylic acids is 1. The summed E-state index contributed by atoms with van der Waals surface area (Å²) < 4.78 is 40.6. The summed E-state index contributed by atoms with van der Waals surface area (Å²) in [5.74, 6) is -1.10. The molecule has 0 fully saturated rings. The number of benzene rings is 2. The predicted molar refractivity (Wildman–Crippen MR) is 116 cm³/mol. The number of carbonyl (C=O) groups is 1. The second kappa shape index (κ2) is 7.30. The maximum absolute atomic E-state index is 13.0. The van der Waals surface area contributed by atoms with Gasteiger partial charge in [0.25, 0.3) is 0 Å². The van der Waals surface area contributed by atoms with Crippen molar-refractivity contribution in [2.45, 2.75) is 36.6 Å². The minimum atomic E-state index is -4.42. The Morgan fingerprint density at radius 3 is 2.26 bits per heavy atom. The minimum absolute atomic E-state index is 0.0386. The van der Waals surface area contributed by atoms with E-state index in [2.05, 4.69) is 25.8 Å². The molecule has 0 bridgehead atoms. The number of hydrogen-bond donors (Lipinski definition) is 1. The van der Waals surface area contributed by atoms with Crippen molar-refractivity contribution in [3.05, 3.63) is 65.9 Å². The molecule has 0 aliphatic rings. The third-order valence-corrected chi connectivity index (χ3v) is 5.70. The molecule has 2 heterocycles. The topological polar surface area (TPSA) is 54.6 Å². The lowest BCUT2D eigenvalue weighted by atomic mass is 9.86. The van der Waals surface area contributed by atoms with Gasteiger partial charge in [0, 0.05) is 16.7 Å². The second-order valence-corrected chi connectivity index (χ2v) is 9.41. The Hall–Kier alpha value is -3.00. The van der Waals surface area contributed by atoms with Gasteiger partial charge in [-0.15, -0.1) is 0 Å². The Bertz CT molecular complexity index is 1300. The number of fused-ring (bicyclic) bond motifs is 3. The van der Waals surface area contributed by atoms with Crippen LogP contribution in [0.5, 0.6) is 0 Å². The van der Waals surface area contributed by atoms with E-state index >= 15 is 0 Å². The van der Waals surface area contributed by atoms with Crippen LogP contribution in [0.1, 0.15) is 36.7 Å². The highest BCUT2D eigenvalue weighted by atomic mass is 32.2. The van der Waals surface area contributed by atoms with Crippen LogP contribution in [0.15, 0.2) is 59.6 Å². The Kier molecular flexibility index (Phi) is 5.00. The number of halogens is 3. The molecule has 0 amide bonds. The van der Waals surface area contributed by atoms with Crippen LogP contribution in [-0.2, 0) is 5.41 Å². The standard InChI is InChI=1S/C23H19F3N2O2S/c1-22(2,3)15-7-4-13(5-8-15)20-19-11-16(31-23(24,25)26)12-28(19)18-9-6-14(21(29)30)10-17(18)27-20/h4-12H,1-3H3,(H,29,30). The molecular formula is C23H19F3N2O2S. The summed E-state index contributed by atoms with van der Waals surface area (Å²) in [6, 6.07) is 13.6. The molecule has 0 saturated carbocycles. The number of rotatable bonds is 3. The molecule has 160 valence electrons. The van der Waals surface area contributed by atoms with E-state index in [1.165, 1.54) is 24.4 Å². The summed E-state index contributed by atoms with van der Waals surface area (Å²) in [5, 5.41) is 9.32. The van der Waals surface area contributed by atoms with Crippen molar-refractivity contribution < 1.29 is 23.1 Å². The first kappa shape index (κ1) is 21.2. The van der Waals surface area contributed by atoms with Gasteiger partial charge in [0.1, 0.15) is 0 Å². The Morgan fingerprint density at radius 2 is 1.68 bits per heavy atom. The third kappa shape index (κ3) is 4.25. The van der Waals surface area contributed by atoms with Gasteiger partial charge in [-0.2, -0.15) is 13.2 Å². The van der Waals surface area contributed by atoms with Gasteiger partial charge < -0.3 is 9.51 Å². The van der Waals surface area contributed by atoms with E-state index in [1.54, 1.807) is 10.5 Å². The van der Waals surface area contributed by atoms with Gasteiger partial charge in [-0.1, -0.05) is 45.0 Å². The number of carboxylic acid groups (broad SMARTS) is 1. The number of hydrogen-bond acceptors (Lipinski definition) is 3. The number of alkyl halides is 3. The number of aromatic nitrogens is 2. The SMILES string of the molecule is CC(C)(C)c1ccc(-c2nc3cc(C(=O)O)ccc3n3cc(SC(F)(F)F)cc23)cc1. The van der Waals surface area contributed by atoms with E-state index in [9.17, 15) is 23.1 Å². The molecule has 0 atom stereocenters. The zero-order chi connectivity index (χ0) is 22.6. The van der Waals surface area contributed by atoms with Crippen LogP contribution in [0.2, 0.25) is 0 Å². The fourth-order valence-corrected chi connectivity index (χ4v) is 4.07. The first-order valence-corrected chi connectivity index (χ1v) is 10.3. The van der Waals surface area contributed by atoms with Gasteiger partial charge in [-0.05, 0) is 47.0 Å². The van der Waals surface area contributed by atoms with Crippen LogP contribution < -0.4 is 0 Å². The number of nitrogens with zero attached hydrogens (tertiary/aromatic N) is 2. The quantitative estimate of drug-likeness (QED) is 0.355. The number of thioether (sulfide) groups is 1. The maximum Gasteiger partial charge on any atom is 0.446 e. The van der Waals surface area contributed by atoms with E-state index in [1.807, 2.05) is 24.3 Å². The summed E-state index contributed by atoms with van der Waals surface area (Å²) in [7, 11) is 0. The van der Waals surface area contributed by atoms with Crippen LogP contribution in [0.25, 0.3) is 27.8 Å². The van der Waals surface area contributed by atoms with E-state index in [0.717, 1.165) is 11.1 Å². The Balaban J connectivity index is 1.97. The van der Waals surface area contributed by atoms with Crippen molar-refractivity contribution in [1.82, 2.24) is 9.38 Å². The lowest BCUT2D eigenvalue weighted by Gasteiger charge is -2.19. The average Bonchev–Trinajstić information content (AvgIpc) is 3.08. The fourth-order valence-electron chi connectivity index (χ4n) is 3.48. The van der Waals surface area contributed by atoms with E-state index in [4.69, 9.17) is 0 Å². The second-order valence-electron chi connectivity index (χ2n) is 8.28. The van der Waals surface area contributed by atoms with Gasteiger partial charge in [-0.25, -0.2) is 9.78 Å². The molecule has 2 aromatic heterocycles. The summed E-state index contributed by atoms with van der Waals surface area (Å²) in [5.41, 5.74) is -0.621.